The Hall–Kier alpha value is -4.43. The quantitative estimate of drug-likeness (QED) is 0.183. The van der Waals surface area contributed by atoms with Crippen molar-refractivity contribution in [2.24, 2.45) is 0 Å². The van der Waals surface area contributed by atoms with Gasteiger partial charge in [-0.1, -0.05) is 52.3 Å². The van der Waals surface area contributed by atoms with Gasteiger partial charge in [0.2, 0.25) is 5.91 Å². The minimum atomic E-state index is -1.19. The maximum absolute atomic E-state index is 12.8. The molecule has 1 atom stereocenters. The second kappa shape index (κ2) is 9.31. The number of anilines is 1. The second-order valence-corrected chi connectivity index (χ2v) is 9.06. The number of carbonyl (C=O) groups excluding carboxylic acids is 1. The summed E-state index contributed by atoms with van der Waals surface area (Å²) in [7, 11) is 0. The molecule has 0 spiro atoms. The van der Waals surface area contributed by atoms with Crippen LogP contribution in [0.5, 0.6) is 5.75 Å². The summed E-state index contributed by atoms with van der Waals surface area (Å²) in [6.07, 6.45) is 0. The largest absolute Gasteiger partial charge is 0.508 e. The van der Waals surface area contributed by atoms with Gasteiger partial charge in [-0.05, 0) is 47.5 Å². The van der Waals surface area contributed by atoms with Crippen molar-refractivity contribution in [1.29, 1.82) is 0 Å². The molecule has 8 heteroatoms. The lowest BCUT2D eigenvalue weighted by Gasteiger charge is -2.18. The summed E-state index contributed by atoms with van der Waals surface area (Å²) in [5.74, 6) is -1.32. The van der Waals surface area contributed by atoms with Crippen LogP contribution >= 0.6 is 15.9 Å². The minimum absolute atomic E-state index is 0.0333. The summed E-state index contributed by atoms with van der Waals surface area (Å²) in [6.45, 7) is 0. The zero-order valence-corrected chi connectivity index (χ0v) is 20.2. The van der Waals surface area contributed by atoms with Gasteiger partial charge in [0.05, 0.1) is 5.56 Å². The van der Waals surface area contributed by atoms with E-state index in [1.807, 2.05) is 30.3 Å². The van der Waals surface area contributed by atoms with Crippen LogP contribution in [-0.4, -0.2) is 22.1 Å². The van der Waals surface area contributed by atoms with E-state index >= 15 is 0 Å². The Balaban J connectivity index is 1.63. The van der Waals surface area contributed by atoms with Crippen LogP contribution in [-0.2, 0) is 4.79 Å². The van der Waals surface area contributed by atoms with Gasteiger partial charge in [0.15, 0.2) is 5.43 Å². The molecule has 1 aliphatic heterocycles. The van der Waals surface area contributed by atoms with E-state index in [4.69, 9.17) is 4.42 Å². The summed E-state index contributed by atoms with van der Waals surface area (Å²) in [5.41, 5.74) is 2.49. The third kappa shape index (κ3) is 4.34. The number of alkyl halides is 1. The van der Waals surface area contributed by atoms with Crippen molar-refractivity contribution in [3.05, 3.63) is 106 Å². The van der Waals surface area contributed by atoms with Crippen molar-refractivity contribution in [1.82, 2.24) is 0 Å². The van der Waals surface area contributed by atoms with Crippen molar-refractivity contribution < 1.29 is 24.2 Å². The number of amides is 1. The first kappa shape index (κ1) is 23.3. The molecule has 0 fully saturated rings. The van der Waals surface area contributed by atoms with Crippen molar-refractivity contribution in [2.75, 3.05) is 5.32 Å². The van der Waals surface area contributed by atoms with Crippen LogP contribution in [0.15, 0.2) is 94.1 Å². The first-order valence-corrected chi connectivity index (χ1v) is 11.8. The summed E-state index contributed by atoms with van der Waals surface area (Å²) in [4.78, 5) is 36.5. The molecule has 1 aliphatic carbocycles. The Labute approximate surface area is 213 Å². The third-order valence-corrected chi connectivity index (χ3v) is 6.73. The first-order valence-electron chi connectivity index (χ1n) is 10.9. The number of fused-ring (bicyclic) bond motifs is 2. The number of halogens is 1. The zero-order chi connectivity index (χ0) is 25.4. The van der Waals surface area contributed by atoms with Crippen LogP contribution < -0.4 is 10.7 Å². The fourth-order valence-electron chi connectivity index (χ4n) is 4.15. The smallest absolute Gasteiger partial charge is 0.336 e. The van der Waals surface area contributed by atoms with E-state index in [1.165, 1.54) is 30.3 Å². The fraction of sp³-hybridized carbons (Fsp3) is 0.0357. The van der Waals surface area contributed by atoms with E-state index in [9.17, 15) is 24.6 Å². The normalized spacial score (nSPS) is 11.9. The van der Waals surface area contributed by atoms with Crippen LogP contribution in [0.25, 0.3) is 33.4 Å². The average Bonchev–Trinajstić information content (AvgIpc) is 2.87. The van der Waals surface area contributed by atoms with E-state index in [1.54, 1.807) is 24.3 Å². The highest BCUT2D eigenvalue weighted by atomic mass is 79.9. The average molecular weight is 544 g/mol. The van der Waals surface area contributed by atoms with Crippen molar-refractivity contribution >= 4 is 44.5 Å². The molecular formula is C28H18BrNO6. The topological polar surface area (TPSA) is 117 Å². The Morgan fingerprint density at radius 1 is 0.889 bits per heavy atom. The molecule has 36 heavy (non-hydrogen) atoms. The number of benzene rings is 4. The van der Waals surface area contributed by atoms with Gasteiger partial charge in [0.1, 0.15) is 21.9 Å². The Bertz CT molecular complexity index is 1660. The number of carbonyl (C=O) groups is 2. The molecular weight excluding hydrogens is 526 g/mol. The highest BCUT2D eigenvalue weighted by molar-refractivity contribution is 9.09. The summed E-state index contributed by atoms with van der Waals surface area (Å²) >= 11 is 3.39. The molecule has 2 aliphatic rings. The van der Waals surface area contributed by atoms with Gasteiger partial charge in [-0.15, -0.1) is 0 Å². The molecule has 0 saturated heterocycles. The van der Waals surface area contributed by atoms with Crippen LogP contribution in [0, 0.1) is 0 Å². The predicted octanol–water partition coefficient (Wildman–Crippen LogP) is 6.04. The van der Waals surface area contributed by atoms with Crippen molar-refractivity contribution in [3.63, 3.8) is 0 Å². The van der Waals surface area contributed by atoms with Crippen LogP contribution in [0.1, 0.15) is 20.7 Å². The molecule has 0 saturated carbocycles. The van der Waals surface area contributed by atoms with Gasteiger partial charge in [0, 0.05) is 34.3 Å². The number of phenolic OH excluding ortho intramolecular Hbond substituents is 1. The molecule has 5 rings (SSSR count). The molecule has 3 aromatic rings. The first-order chi connectivity index (χ1) is 17.3. The Kier molecular flexibility index (Phi) is 6.03. The van der Waals surface area contributed by atoms with E-state index in [0.717, 1.165) is 5.56 Å². The van der Waals surface area contributed by atoms with Crippen LogP contribution in [0.4, 0.5) is 5.69 Å². The highest BCUT2D eigenvalue weighted by Crippen LogP contribution is 2.42. The number of carboxylic acid groups (broad SMARTS) is 1. The maximum atomic E-state index is 12.8. The van der Waals surface area contributed by atoms with E-state index in [2.05, 4.69) is 21.2 Å². The molecule has 1 heterocycles. The summed E-state index contributed by atoms with van der Waals surface area (Å²) in [6, 6.07) is 22.5. The number of rotatable bonds is 5. The second-order valence-electron chi connectivity index (χ2n) is 8.14. The lowest BCUT2D eigenvalue weighted by atomic mass is 9.90. The monoisotopic (exact) mass is 543 g/mol. The maximum Gasteiger partial charge on any atom is 0.336 e. The standard InChI is InChI=1S/C28H18BrNO6/c29-26(15-4-2-1-3-5-15)27(33)30-16-6-9-19(22(12-16)28(34)35)25-20-10-7-17(31)13-23(20)36-24-14-18(32)8-11-21(24)25/h1-14,26,31H,(H,30,33)(H,34,35). The number of hydrogen-bond acceptors (Lipinski definition) is 5. The third-order valence-electron chi connectivity index (χ3n) is 5.79. The van der Waals surface area contributed by atoms with Gasteiger partial charge >= 0.3 is 5.97 Å². The molecule has 3 aromatic carbocycles. The van der Waals surface area contributed by atoms with Gasteiger partial charge in [0.25, 0.3) is 0 Å². The lowest BCUT2D eigenvalue weighted by Crippen LogP contribution is -2.17. The van der Waals surface area contributed by atoms with Gasteiger partial charge in [-0.2, -0.15) is 0 Å². The van der Waals surface area contributed by atoms with E-state index in [-0.39, 0.29) is 28.4 Å². The van der Waals surface area contributed by atoms with E-state index in [0.29, 0.717) is 33.3 Å². The number of aromatic hydroxyl groups is 1. The number of carboxylic acids is 1. The van der Waals surface area contributed by atoms with E-state index < -0.39 is 10.8 Å². The van der Waals surface area contributed by atoms with Crippen LogP contribution in [0.3, 0.4) is 0 Å². The lowest BCUT2D eigenvalue weighted by molar-refractivity contribution is -0.115. The molecule has 1 unspecified atom stereocenters. The molecule has 1 amide bonds. The number of aromatic carboxylic acids is 1. The highest BCUT2D eigenvalue weighted by Gasteiger charge is 2.23. The van der Waals surface area contributed by atoms with Gasteiger partial charge < -0.3 is 19.9 Å². The molecule has 0 aromatic heterocycles. The van der Waals surface area contributed by atoms with Gasteiger partial charge in [-0.3, -0.25) is 9.59 Å². The fourth-order valence-corrected chi connectivity index (χ4v) is 4.56. The summed E-state index contributed by atoms with van der Waals surface area (Å²) in [5, 5.41) is 23.3. The number of phenols is 1. The molecule has 7 nitrogen and oxygen atoms in total. The number of nitrogens with one attached hydrogen (secondary N) is 1. The molecule has 178 valence electrons. The zero-order valence-electron chi connectivity index (χ0n) is 18.6. The van der Waals surface area contributed by atoms with Crippen molar-refractivity contribution in [3.8, 4) is 28.2 Å². The van der Waals surface area contributed by atoms with Crippen LogP contribution in [0.2, 0.25) is 0 Å². The SMILES string of the molecule is O=C(O)c1cc(NC(=O)C(Br)c2ccccc2)ccc1-c1c2ccc(=O)cc-2oc2cc(O)ccc12. The summed E-state index contributed by atoms with van der Waals surface area (Å²) < 4.78 is 5.85. The van der Waals surface area contributed by atoms with Gasteiger partial charge in [-0.25, -0.2) is 4.79 Å². The van der Waals surface area contributed by atoms with Crippen molar-refractivity contribution in [2.45, 2.75) is 4.83 Å². The Morgan fingerprint density at radius 3 is 2.39 bits per heavy atom. The number of hydrogen-bond donors (Lipinski definition) is 3. The minimum Gasteiger partial charge on any atom is -0.508 e. The predicted molar refractivity (Wildman–Crippen MR) is 140 cm³/mol. The Morgan fingerprint density at radius 2 is 1.64 bits per heavy atom. The molecule has 0 bridgehead atoms. The molecule has 0 radical (unpaired) electrons. The molecule has 3 N–H and O–H groups in total.